The Morgan fingerprint density at radius 1 is 1.10 bits per heavy atom. The van der Waals surface area contributed by atoms with Gasteiger partial charge in [-0.1, -0.05) is 29.8 Å². The summed E-state index contributed by atoms with van der Waals surface area (Å²) in [4.78, 5) is 36.7. The van der Waals surface area contributed by atoms with E-state index < -0.39 is 29.6 Å². The molecule has 0 spiro atoms. The molecule has 3 amide bonds. The van der Waals surface area contributed by atoms with Crippen molar-refractivity contribution in [1.29, 1.82) is 0 Å². The van der Waals surface area contributed by atoms with E-state index in [1.54, 1.807) is 39.3 Å². The van der Waals surface area contributed by atoms with Crippen LogP contribution in [0.1, 0.15) is 60.6 Å². The van der Waals surface area contributed by atoms with E-state index in [2.05, 4.69) is 15.7 Å². The molecule has 0 aliphatic carbocycles. The molecule has 0 fully saturated rings. The van der Waals surface area contributed by atoms with Gasteiger partial charge in [-0.3, -0.25) is 14.8 Å². The van der Waals surface area contributed by atoms with E-state index in [1.165, 1.54) is 12.5 Å². The fraction of sp³-hybridized carbons (Fsp3) is 0.455. The van der Waals surface area contributed by atoms with Gasteiger partial charge in [0.1, 0.15) is 5.56 Å². The number of imide groups is 1. The topological polar surface area (TPSA) is 102 Å². The SMILES string of the molecule is Cc1ccc(Cn2nc(C)c(C(=O)O[C@@H](C)C(=O)NC(=O)NC(C)(C)C)c2C)cc1. The van der Waals surface area contributed by atoms with Crippen molar-refractivity contribution < 1.29 is 19.1 Å². The van der Waals surface area contributed by atoms with Crippen LogP contribution in [0, 0.1) is 20.8 Å². The number of aromatic nitrogens is 2. The summed E-state index contributed by atoms with van der Waals surface area (Å²) >= 11 is 0. The highest BCUT2D eigenvalue weighted by atomic mass is 16.5. The fourth-order valence-electron chi connectivity index (χ4n) is 2.87. The lowest BCUT2D eigenvalue weighted by Crippen LogP contribution is -2.50. The lowest BCUT2D eigenvalue weighted by molar-refractivity contribution is -0.127. The van der Waals surface area contributed by atoms with Gasteiger partial charge in [-0.15, -0.1) is 0 Å². The summed E-state index contributed by atoms with van der Waals surface area (Å²) in [6.07, 6.45) is -1.14. The molecule has 2 aromatic rings. The highest BCUT2D eigenvalue weighted by Crippen LogP contribution is 2.17. The zero-order chi connectivity index (χ0) is 22.6. The Kier molecular flexibility index (Phi) is 7.02. The van der Waals surface area contributed by atoms with Crippen molar-refractivity contribution in [2.24, 2.45) is 0 Å². The van der Waals surface area contributed by atoms with Gasteiger partial charge in [-0.2, -0.15) is 5.10 Å². The van der Waals surface area contributed by atoms with Crippen LogP contribution >= 0.6 is 0 Å². The van der Waals surface area contributed by atoms with Gasteiger partial charge in [-0.05, 0) is 54.0 Å². The zero-order valence-corrected chi connectivity index (χ0v) is 18.6. The summed E-state index contributed by atoms with van der Waals surface area (Å²) in [5.41, 5.74) is 3.22. The molecule has 8 nitrogen and oxygen atoms in total. The molecule has 1 heterocycles. The van der Waals surface area contributed by atoms with Crippen LogP contribution < -0.4 is 10.6 Å². The van der Waals surface area contributed by atoms with E-state index in [-0.39, 0.29) is 0 Å². The minimum absolute atomic E-state index is 0.320. The van der Waals surface area contributed by atoms with Crippen LogP contribution in [0.15, 0.2) is 24.3 Å². The number of aryl methyl sites for hydroxylation is 2. The summed E-state index contributed by atoms with van der Waals surface area (Å²) in [6, 6.07) is 7.42. The van der Waals surface area contributed by atoms with E-state index in [9.17, 15) is 14.4 Å². The molecule has 2 rings (SSSR count). The van der Waals surface area contributed by atoms with Crippen LogP contribution in [0.25, 0.3) is 0 Å². The number of hydrogen-bond acceptors (Lipinski definition) is 5. The smallest absolute Gasteiger partial charge is 0.342 e. The number of esters is 1. The van der Waals surface area contributed by atoms with Gasteiger partial charge in [0.2, 0.25) is 0 Å². The van der Waals surface area contributed by atoms with Crippen molar-refractivity contribution in [3.8, 4) is 0 Å². The third-order valence-corrected chi connectivity index (χ3v) is 4.42. The molecule has 0 aliphatic rings. The Morgan fingerprint density at radius 3 is 2.27 bits per heavy atom. The van der Waals surface area contributed by atoms with Crippen LogP contribution in [0.2, 0.25) is 0 Å². The highest BCUT2D eigenvalue weighted by Gasteiger charge is 2.26. The largest absolute Gasteiger partial charge is 0.449 e. The number of nitrogens with zero attached hydrogens (tertiary/aromatic N) is 2. The number of ether oxygens (including phenoxy) is 1. The Balaban J connectivity index is 2.06. The zero-order valence-electron chi connectivity index (χ0n) is 18.6. The van der Waals surface area contributed by atoms with Gasteiger partial charge in [0, 0.05) is 5.54 Å². The normalized spacial score (nSPS) is 12.2. The monoisotopic (exact) mass is 414 g/mol. The van der Waals surface area contributed by atoms with E-state index in [1.807, 2.05) is 31.2 Å². The number of amides is 3. The van der Waals surface area contributed by atoms with Crippen LogP contribution in [-0.4, -0.2) is 39.3 Å². The molecule has 1 aromatic heterocycles. The van der Waals surface area contributed by atoms with Crippen molar-refractivity contribution in [3.05, 3.63) is 52.3 Å². The Labute approximate surface area is 177 Å². The first-order chi connectivity index (χ1) is 13.9. The maximum Gasteiger partial charge on any atom is 0.342 e. The van der Waals surface area contributed by atoms with E-state index in [0.717, 1.165) is 5.56 Å². The van der Waals surface area contributed by atoms with Crippen molar-refractivity contribution in [2.75, 3.05) is 0 Å². The molecule has 0 radical (unpaired) electrons. The van der Waals surface area contributed by atoms with Gasteiger partial charge >= 0.3 is 12.0 Å². The van der Waals surface area contributed by atoms with Gasteiger partial charge in [-0.25, -0.2) is 9.59 Å². The van der Waals surface area contributed by atoms with Crippen LogP contribution in [0.3, 0.4) is 0 Å². The van der Waals surface area contributed by atoms with Crippen molar-refractivity contribution in [1.82, 2.24) is 20.4 Å². The minimum Gasteiger partial charge on any atom is -0.449 e. The Hall–Kier alpha value is -3.16. The number of hydrogen-bond donors (Lipinski definition) is 2. The number of carbonyl (C=O) groups excluding carboxylic acids is 3. The lowest BCUT2D eigenvalue weighted by Gasteiger charge is -2.21. The summed E-state index contributed by atoms with van der Waals surface area (Å²) in [5.74, 6) is -1.36. The first-order valence-electron chi connectivity index (χ1n) is 9.81. The number of rotatable bonds is 5. The third kappa shape index (κ3) is 6.17. The number of urea groups is 1. The van der Waals surface area contributed by atoms with Crippen molar-refractivity contribution in [3.63, 3.8) is 0 Å². The molecular weight excluding hydrogens is 384 g/mol. The lowest BCUT2D eigenvalue weighted by atomic mass is 10.1. The average Bonchev–Trinajstić information content (AvgIpc) is 2.88. The molecule has 0 unspecified atom stereocenters. The molecule has 8 heteroatoms. The van der Waals surface area contributed by atoms with Crippen molar-refractivity contribution in [2.45, 2.75) is 66.7 Å². The Bertz CT molecular complexity index is 939. The number of carbonyl (C=O) groups is 3. The van der Waals surface area contributed by atoms with Crippen LogP contribution in [0.5, 0.6) is 0 Å². The predicted octanol–water partition coefficient (Wildman–Crippen LogP) is 3.03. The molecule has 0 aliphatic heterocycles. The molecule has 30 heavy (non-hydrogen) atoms. The molecule has 2 N–H and O–H groups in total. The molecule has 162 valence electrons. The molecule has 1 atom stereocenters. The van der Waals surface area contributed by atoms with Gasteiger partial charge < -0.3 is 10.1 Å². The molecule has 0 saturated carbocycles. The quantitative estimate of drug-likeness (QED) is 0.732. The number of benzene rings is 1. The second-order valence-corrected chi connectivity index (χ2v) is 8.43. The molecule has 1 aromatic carbocycles. The highest BCUT2D eigenvalue weighted by molar-refractivity contribution is 5.99. The van der Waals surface area contributed by atoms with Crippen LogP contribution in [-0.2, 0) is 16.1 Å². The number of nitrogens with one attached hydrogen (secondary N) is 2. The van der Waals surface area contributed by atoms with E-state index in [0.29, 0.717) is 23.5 Å². The predicted molar refractivity (Wildman–Crippen MR) is 113 cm³/mol. The maximum absolute atomic E-state index is 12.7. The summed E-state index contributed by atoms with van der Waals surface area (Å²) < 4.78 is 7.02. The summed E-state index contributed by atoms with van der Waals surface area (Å²) in [7, 11) is 0. The van der Waals surface area contributed by atoms with Gasteiger partial charge in [0.15, 0.2) is 6.10 Å². The van der Waals surface area contributed by atoms with Crippen LogP contribution in [0.4, 0.5) is 4.79 Å². The second-order valence-electron chi connectivity index (χ2n) is 8.43. The maximum atomic E-state index is 12.7. The first-order valence-corrected chi connectivity index (χ1v) is 9.81. The molecular formula is C22H30N4O4. The summed E-state index contributed by atoms with van der Waals surface area (Å²) in [6.45, 7) is 12.8. The van der Waals surface area contributed by atoms with E-state index in [4.69, 9.17) is 4.74 Å². The van der Waals surface area contributed by atoms with Crippen molar-refractivity contribution >= 4 is 17.9 Å². The Morgan fingerprint density at radius 2 is 1.70 bits per heavy atom. The van der Waals surface area contributed by atoms with E-state index >= 15 is 0 Å². The average molecular weight is 415 g/mol. The first kappa shape index (κ1) is 23.1. The van der Waals surface area contributed by atoms with Gasteiger partial charge in [0.05, 0.1) is 17.9 Å². The standard InChI is InChI=1S/C22H30N4O4/c1-13-8-10-17(11-9-13)12-26-15(3)18(14(2)25-26)20(28)30-16(4)19(27)23-21(29)24-22(5,6)7/h8-11,16H,12H2,1-7H3,(H2,23,24,27,29)/t16-/m0/s1. The second kappa shape index (κ2) is 9.11. The minimum atomic E-state index is -1.14. The summed E-state index contributed by atoms with van der Waals surface area (Å²) in [5, 5.41) is 9.23. The molecule has 0 bridgehead atoms. The fourth-order valence-corrected chi connectivity index (χ4v) is 2.87. The third-order valence-electron chi connectivity index (χ3n) is 4.42. The van der Waals surface area contributed by atoms with Gasteiger partial charge in [0.25, 0.3) is 5.91 Å². The molecule has 0 saturated heterocycles.